The van der Waals surface area contributed by atoms with Gasteiger partial charge < -0.3 is 26.4 Å². The van der Waals surface area contributed by atoms with Crippen LogP contribution in [0.5, 0.6) is 0 Å². The minimum absolute atomic E-state index is 0.00280. The number of piperidine rings is 1. The van der Waals surface area contributed by atoms with Gasteiger partial charge in [0.2, 0.25) is 0 Å². The molecule has 1 heterocycles. The number of rotatable bonds is 11. The van der Waals surface area contributed by atoms with Gasteiger partial charge in [-0.15, -0.1) is 0 Å². The van der Waals surface area contributed by atoms with Gasteiger partial charge in [0.05, 0.1) is 6.42 Å². The minimum atomic E-state index is -1.02. The van der Waals surface area contributed by atoms with Crippen molar-refractivity contribution >= 4 is 23.6 Å². The molecule has 9 heteroatoms. The Balaban J connectivity index is 2.58. The van der Waals surface area contributed by atoms with E-state index in [1.807, 2.05) is 0 Å². The van der Waals surface area contributed by atoms with Crippen molar-refractivity contribution in [1.29, 1.82) is 0 Å². The zero-order valence-electron chi connectivity index (χ0n) is 14.2. The fraction of sp³-hybridized carbons (Fsp3) is 0.750. The Morgan fingerprint density at radius 3 is 2.52 bits per heavy atom. The highest BCUT2D eigenvalue weighted by molar-refractivity contribution is 5.92. The van der Waals surface area contributed by atoms with Crippen molar-refractivity contribution in [2.24, 2.45) is 22.6 Å². The number of carboxylic acids is 3. The van der Waals surface area contributed by atoms with Crippen LogP contribution in [-0.2, 0) is 14.4 Å². The summed E-state index contributed by atoms with van der Waals surface area (Å²) in [5.41, 5.74) is 6.19. The van der Waals surface area contributed by atoms with Gasteiger partial charge >= 0.3 is 17.9 Å². The predicted octanol–water partition coefficient (Wildman–Crippen LogP) is 0.185. The highest BCUT2D eigenvalue weighted by atomic mass is 16.4. The fourth-order valence-corrected chi connectivity index (χ4v) is 3.01. The third-order valence-corrected chi connectivity index (χ3v) is 4.39. The third kappa shape index (κ3) is 8.08. The number of nitrogens with two attached hydrogens (primary N) is 1. The van der Waals surface area contributed by atoms with E-state index in [4.69, 9.17) is 21.1 Å². The number of nitrogens with one attached hydrogen (secondary N) is 1. The third-order valence-electron chi connectivity index (χ3n) is 4.39. The Labute approximate surface area is 146 Å². The van der Waals surface area contributed by atoms with Crippen LogP contribution in [0.1, 0.15) is 38.5 Å². The van der Waals surface area contributed by atoms with E-state index in [2.05, 4.69) is 10.3 Å². The van der Waals surface area contributed by atoms with Crippen LogP contribution in [0.3, 0.4) is 0 Å². The summed E-state index contributed by atoms with van der Waals surface area (Å²) in [5, 5.41) is 29.9. The summed E-state index contributed by atoms with van der Waals surface area (Å²) in [5.74, 6) is -3.18. The van der Waals surface area contributed by atoms with Crippen molar-refractivity contribution in [3.63, 3.8) is 0 Å². The number of aliphatic carboxylic acids is 3. The molecule has 1 rings (SSSR count). The van der Waals surface area contributed by atoms with Gasteiger partial charge in [0.15, 0.2) is 0 Å². The molecule has 1 aliphatic rings. The summed E-state index contributed by atoms with van der Waals surface area (Å²) < 4.78 is 0. The van der Waals surface area contributed by atoms with E-state index in [0.29, 0.717) is 45.3 Å². The summed E-state index contributed by atoms with van der Waals surface area (Å²) in [6, 6.07) is -0.871. The van der Waals surface area contributed by atoms with Crippen LogP contribution >= 0.6 is 0 Å². The van der Waals surface area contributed by atoms with Gasteiger partial charge in [-0.25, -0.2) is 0 Å². The van der Waals surface area contributed by atoms with E-state index in [0.717, 1.165) is 5.71 Å². The predicted molar refractivity (Wildman–Crippen MR) is 90.7 cm³/mol. The van der Waals surface area contributed by atoms with Gasteiger partial charge in [-0.1, -0.05) is 0 Å². The van der Waals surface area contributed by atoms with Gasteiger partial charge in [-0.05, 0) is 38.1 Å². The van der Waals surface area contributed by atoms with Gasteiger partial charge in [-0.3, -0.25) is 19.4 Å². The first-order valence-electron chi connectivity index (χ1n) is 8.47. The van der Waals surface area contributed by atoms with Gasteiger partial charge in [-0.2, -0.15) is 0 Å². The van der Waals surface area contributed by atoms with E-state index < -0.39 is 23.9 Å². The number of hydrogen-bond donors (Lipinski definition) is 5. The van der Waals surface area contributed by atoms with E-state index >= 15 is 0 Å². The van der Waals surface area contributed by atoms with Crippen LogP contribution in [0.4, 0.5) is 0 Å². The molecule has 9 nitrogen and oxygen atoms in total. The molecule has 0 amide bonds. The van der Waals surface area contributed by atoms with Crippen molar-refractivity contribution < 1.29 is 29.7 Å². The second kappa shape index (κ2) is 10.8. The van der Waals surface area contributed by atoms with E-state index in [9.17, 15) is 14.4 Å². The zero-order chi connectivity index (χ0) is 18.8. The van der Waals surface area contributed by atoms with Crippen LogP contribution in [0.25, 0.3) is 0 Å². The lowest BCUT2D eigenvalue weighted by molar-refractivity contribution is -0.139. The quantitative estimate of drug-likeness (QED) is 0.327. The molecule has 6 N–H and O–H groups in total. The van der Waals surface area contributed by atoms with Crippen LogP contribution in [0.2, 0.25) is 0 Å². The highest BCUT2D eigenvalue weighted by Crippen LogP contribution is 2.25. The lowest BCUT2D eigenvalue weighted by Crippen LogP contribution is -2.45. The Morgan fingerprint density at radius 1 is 1.20 bits per heavy atom. The number of unbranched alkanes of at least 4 members (excludes halogenated alkanes) is 1. The molecule has 1 saturated heterocycles. The van der Waals surface area contributed by atoms with Gasteiger partial charge in [0, 0.05) is 31.1 Å². The molecular formula is C16H27N3O6. The van der Waals surface area contributed by atoms with Crippen LogP contribution < -0.4 is 11.1 Å². The smallest absolute Gasteiger partial charge is 0.320 e. The Kier molecular flexibility index (Phi) is 9.07. The topological polar surface area (TPSA) is 162 Å². The second-order valence-electron chi connectivity index (χ2n) is 6.34. The van der Waals surface area contributed by atoms with Crippen molar-refractivity contribution in [3.8, 4) is 0 Å². The molecule has 0 radical (unpaired) electrons. The summed E-state index contributed by atoms with van der Waals surface area (Å²) in [6.45, 7) is 1.55. The minimum Gasteiger partial charge on any atom is -0.481 e. The fourth-order valence-electron chi connectivity index (χ4n) is 3.01. The monoisotopic (exact) mass is 357 g/mol. The molecule has 0 aromatic carbocycles. The standard InChI is InChI=1S/C16H27N3O6/c17-12(16(24)25)3-1-2-6-19-13-9-18-8-10(4-5-14(20)21)11(13)7-15(22)23/h10-12,18H,1-9,17H2,(H,20,21)(H,22,23)(H,24,25)/t10-,11-,12+/m1/s1. The average Bonchev–Trinajstić information content (AvgIpc) is 2.53. The molecule has 1 fully saturated rings. The molecule has 0 bridgehead atoms. The largest absolute Gasteiger partial charge is 0.481 e. The zero-order valence-corrected chi connectivity index (χ0v) is 14.2. The van der Waals surface area contributed by atoms with E-state index in [1.54, 1.807) is 0 Å². The molecule has 1 aliphatic heterocycles. The van der Waals surface area contributed by atoms with Crippen molar-refractivity contribution in [3.05, 3.63) is 0 Å². The summed E-state index contributed by atoms with van der Waals surface area (Å²) >= 11 is 0. The van der Waals surface area contributed by atoms with Crippen molar-refractivity contribution in [2.75, 3.05) is 19.6 Å². The maximum absolute atomic E-state index is 11.2. The Morgan fingerprint density at radius 2 is 1.92 bits per heavy atom. The Bertz CT molecular complexity index is 508. The molecule has 3 atom stereocenters. The molecule has 0 spiro atoms. The second-order valence-corrected chi connectivity index (χ2v) is 6.34. The molecule has 142 valence electrons. The number of aliphatic imine (C=N–C) groups is 1. The first kappa shape index (κ1) is 21.0. The summed E-state index contributed by atoms with van der Waals surface area (Å²) in [6.07, 6.45) is 2.02. The normalized spacial score (nSPS) is 23.3. The SMILES string of the molecule is N[C@@H](CCCCN=C1CNC[C@@H](CCC(=O)O)[C@H]1CC(=O)O)C(=O)O. The highest BCUT2D eigenvalue weighted by Gasteiger charge is 2.31. The number of hydrogen-bond acceptors (Lipinski definition) is 6. The molecule has 0 saturated carbocycles. The van der Waals surface area contributed by atoms with Gasteiger partial charge in [0.25, 0.3) is 0 Å². The van der Waals surface area contributed by atoms with Crippen LogP contribution in [0.15, 0.2) is 4.99 Å². The molecule has 0 unspecified atom stereocenters. The number of carbonyl (C=O) groups is 3. The maximum Gasteiger partial charge on any atom is 0.320 e. The van der Waals surface area contributed by atoms with Crippen LogP contribution in [0, 0.1) is 11.8 Å². The molecule has 0 aromatic rings. The molecule has 0 aromatic heterocycles. The molecule has 0 aliphatic carbocycles. The van der Waals surface area contributed by atoms with Crippen molar-refractivity contribution in [2.45, 2.75) is 44.6 Å². The van der Waals surface area contributed by atoms with E-state index in [1.165, 1.54) is 0 Å². The lowest BCUT2D eigenvalue weighted by atomic mass is 9.80. The number of carboxylic acid groups (broad SMARTS) is 3. The number of nitrogens with zero attached hydrogens (tertiary/aromatic N) is 1. The molecule has 25 heavy (non-hydrogen) atoms. The van der Waals surface area contributed by atoms with Crippen molar-refractivity contribution in [1.82, 2.24) is 5.32 Å². The maximum atomic E-state index is 11.2. The van der Waals surface area contributed by atoms with Crippen LogP contribution in [-0.4, -0.2) is 64.6 Å². The average molecular weight is 357 g/mol. The first-order chi connectivity index (χ1) is 11.8. The first-order valence-corrected chi connectivity index (χ1v) is 8.47. The Hall–Kier alpha value is -2.00. The summed E-state index contributed by atoms with van der Waals surface area (Å²) in [4.78, 5) is 37.1. The lowest BCUT2D eigenvalue weighted by Gasteiger charge is -2.32. The van der Waals surface area contributed by atoms with E-state index in [-0.39, 0.29) is 24.7 Å². The molecular weight excluding hydrogens is 330 g/mol. The summed E-state index contributed by atoms with van der Waals surface area (Å²) in [7, 11) is 0. The van der Waals surface area contributed by atoms with Gasteiger partial charge in [0.1, 0.15) is 6.04 Å².